The van der Waals surface area contributed by atoms with Crippen LogP contribution in [0.1, 0.15) is 38.2 Å². The molecule has 158 valence electrons. The molecule has 0 saturated heterocycles. The van der Waals surface area contributed by atoms with Crippen molar-refractivity contribution in [3.8, 4) is 22.3 Å². The van der Waals surface area contributed by atoms with Crippen molar-refractivity contribution in [3.63, 3.8) is 0 Å². The van der Waals surface area contributed by atoms with Crippen LogP contribution in [0.3, 0.4) is 0 Å². The zero-order chi connectivity index (χ0) is 21.8. The van der Waals surface area contributed by atoms with Gasteiger partial charge in [0.15, 0.2) is 11.6 Å². The molecule has 4 rings (SSSR count). The van der Waals surface area contributed by atoms with Crippen LogP contribution in [0, 0.1) is 17.5 Å². The van der Waals surface area contributed by atoms with Gasteiger partial charge in [0.05, 0.1) is 0 Å². The SMILES string of the molecule is CCCCCCc1ccc2c(F)c(-c3ccc(-c4ccc(F)c(F)c4)cc3)ccc2c1. The lowest BCUT2D eigenvalue weighted by Gasteiger charge is -2.10. The van der Waals surface area contributed by atoms with Crippen molar-refractivity contribution in [1.82, 2.24) is 0 Å². The monoisotopic (exact) mass is 418 g/mol. The Kier molecular flexibility index (Phi) is 6.41. The van der Waals surface area contributed by atoms with Gasteiger partial charge in [0, 0.05) is 10.9 Å². The van der Waals surface area contributed by atoms with Gasteiger partial charge in [-0.2, -0.15) is 0 Å². The summed E-state index contributed by atoms with van der Waals surface area (Å²) in [6.45, 7) is 2.20. The number of unbranched alkanes of at least 4 members (excludes halogenated alkanes) is 3. The van der Waals surface area contributed by atoms with E-state index in [4.69, 9.17) is 0 Å². The molecular formula is C28H25F3. The molecule has 31 heavy (non-hydrogen) atoms. The Hall–Kier alpha value is -3.07. The second kappa shape index (κ2) is 9.38. The molecule has 4 aromatic rings. The molecule has 0 fully saturated rings. The van der Waals surface area contributed by atoms with Gasteiger partial charge >= 0.3 is 0 Å². The van der Waals surface area contributed by atoms with E-state index in [1.54, 1.807) is 12.1 Å². The van der Waals surface area contributed by atoms with Gasteiger partial charge in [-0.25, -0.2) is 13.2 Å². The first-order valence-electron chi connectivity index (χ1n) is 10.8. The summed E-state index contributed by atoms with van der Waals surface area (Å²) in [6.07, 6.45) is 5.87. The molecule has 4 aromatic carbocycles. The van der Waals surface area contributed by atoms with Gasteiger partial charge in [-0.1, -0.05) is 86.8 Å². The minimum atomic E-state index is -0.883. The average Bonchev–Trinajstić information content (AvgIpc) is 2.79. The summed E-state index contributed by atoms with van der Waals surface area (Å²) in [5.41, 5.74) is 3.84. The molecule has 0 aromatic heterocycles. The summed E-state index contributed by atoms with van der Waals surface area (Å²) < 4.78 is 42.0. The van der Waals surface area contributed by atoms with Crippen LogP contribution in [0.4, 0.5) is 13.2 Å². The Morgan fingerprint density at radius 3 is 2.10 bits per heavy atom. The molecule has 0 heterocycles. The minimum absolute atomic E-state index is 0.240. The number of aryl methyl sites for hydroxylation is 1. The molecule has 0 aliphatic rings. The molecule has 0 atom stereocenters. The third-order valence-corrected chi connectivity index (χ3v) is 5.79. The standard InChI is InChI=1S/C28H25F3/c1-2-3-4-5-6-19-7-14-25-23(17-19)12-15-24(28(25)31)21-10-8-20(9-11-21)22-13-16-26(29)27(30)18-22/h7-18H,2-6H2,1H3. The Labute approximate surface area is 181 Å². The summed E-state index contributed by atoms with van der Waals surface area (Å²) >= 11 is 0. The lowest BCUT2D eigenvalue weighted by Crippen LogP contribution is -1.91. The summed E-state index contributed by atoms with van der Waals surface area (Å²) in [4.78, 5) is 0. The predicted molar refractivity (Wildman–Crippen MR) is 123 cm³/mol. The second-order valence-electron chi connectivity index (χ2n) is 8.00. The summed E-state index contributed by atoms with van der Waals surface area (Å²) in [6, 6.07) is 20.8. The van der Waals surface area contributed by atoms with Crippen LogP contribution >= 0.6 is 0 Å². The van der Waals surface area contributed by atoms with Crippen molar-refractivity contribution in [3.05, 3.63) is 95.8 Å². The zero-order valence-electron chi connectivity index (χ0n) is 17.6. The van der Waals surface area contributed by atoms with Crippen LogP contribution in [-0.2, 0) is 6.42 Å². The Bertz CT molecular complexity index is 1190. The highest BCUT2D eigenvalue weighted by Crippen LogP contribution is 2.31. The first-order chi connectivity index (χ1) is 15.1. The Balaban J connectivity index is 1.58. The third kappa shape index (κ3) is 4.66. The van der Waals surface area contributed by atoms with Crippen LogP contribution in [0.15, 0.2) is 72.8 Å². The van der Waals surface area contributed by atoms with Crippen LogP contribution < -0.4 is 0 Å². The van der Waals surface area contributed by atoms with E-state index in [-0.39, 0.29) is 5.82 Å². The highest BCUT2D eigenvalue weighted by Gasteiger charge is 2.11. The average molecular weight is 419 g/mol. The summed E-state index contributed by atoms with van der Waals surface area (Å²) in [5.74, 6) is -2.00. The minimum Gasteiger partial charge on any atom is -0.206 e. The maximum atomic E-state index is 15.3. The van der Waals surface area contributed by atoms with Gasteiger partial charge in [0.2, 0.25) is 0 Å². The van der Waals surface area contributed by atoms with Crippen molar-refractivity contribution in [2.45, 2.75) is 39.0 Å². The van der Waals surface area contributed by atoms with Crippen molar-refractivity contribution >= 4 is 10.8 Å². The maximum absolute atomic E-state index is 15.3. The van der Waals surface area contributed by atoms with Gasteiger partial charge in [-0.3, -0.25) is 0 Å². The maximum Gasteiger partial charge on any atom is 0.159 e. The Morgan fingerprint density at radius 2 is 1.35 bits per heavy atom. The molecular weight excluding hydrogens is 393 g/mol. The van der Waals surface area contributed by atoms with Crippen LogP contribution in [0.5, 0.6) is 0 Å². The first-order valence-corrected chi connectivity index (χ1v) is 10.8. The van der Waals surface area contributed by atoms with E-state index in [1.807, 2.05) is 36.4 Å². The van der Waals surface area contributed by atoms with E-state index in [0.717, 1.165) is 35.4 Å². The smallest absolute Gasteiger partial charge is 0.159 e. The highest BCUT2D eigenvalue weighted by atomic mass is 19.2. The lowest BCUT2D eigenvalue weighted by molar-refractivity contribution is 0.509. The van der Waals surface area contributed by atoms with Gasteiger partial charge in [0.25, 0.3) is 0 Å². The Morgan fingerprint density at radius 1 is 0.613 bits per heavy atom. The molecule has 0 spiro atoms. The molecule has 0 aliphatic heterocycles. The molecule has 0 nitrogen and oxygen atoms in total. The van der Waals surface area contributed by atoms with Gasteiger partial charge in [0.1, 0.15) is 5.82 Å². The van der Waals surface area contributed by atoms with Gasteiger partial charge in [-0.05, 0) is 52.6 Å². The van der Waals surface area contributed by atoms with Crippen LogP contribution in [-0.4, -0.2) is 0 Å². The van der Waals surface area contributed by atoms with Crippen LogP contribution in [0.25, 0.3) is 33.0 Å². The topological polar surface area (TPSA) is 0 Å². The number of hydrogen-bond acceptors (Lipinski definition) is 0. The number of hydrogen-bond donors (Lipinski definition) is 0. The molecule has 0 N–H and O–H groups in total. The van der Waals surface area contributed by atoms with E-state index in [2.05, 4.69) is 13.0 Å². The van der Waals surface area contributed by atoms with Crippen LogP contribution in [0.2, 0.25) is 0 Å². The molecule has 3 heteroatoms. The number of fused-ring (bicyclic) bond motifs is 1. The van der Waals surface area contributed by atoms with E-state index >= 15 is 4.39 Å². The zero-order valence-corrected chi connectivity index (χ0v) is 17.6. The molecule has 0 unspecified atom stereocenters. The highest BCUT2D eigenvalue weighted by molar-refractivity contribution is 5.89. The van der Waals surface area contributed by atoms with Crippen molar-refractivity contribution in [2.75, 3.05) is 0 Å². The molecule has 0 saturated carbocycles. The quantitative estimate of drug-likeness (QED) is 0.263. The third-order valence-electron chi connectivity index (χ3n) is 5.79. The van der Waals surface area contributed by atoms with Crippen molar-refractivity contribution in [2.24, 2.45) is 0 Å². The normalized spacial score (nSPS) is 11.2. The van der Waals surface area contributed by atoms with Gasteiger partial charge < -0.3 is 0 Å². The fraction of sp³-hybridized carbons (Fsp3) is 0.214. The summed E-state index contributed by atoms with van der Waals surface area (Å²) in [5, 5.41) is 1.52. The molecule has 0 bridgehead atoms. The number of rotatable bonds is 7. The lowest BCUT2D eigenvalue weighted by atomic mass is 9.96. The summed E-state index contributed by atoms with van der Waals surface area (Å²) in [7, 11) is 0. The molecule has 0 amide bonds. The van der Waals surface area contributed by atoms with Crippen molar-refractivity contribution in [1.29, 1.82) is 0 Å². The first kappa shape index (κ1) is 21.2. The van der Waals surface area contributed by atoms with E-state index in [0.29, 0.717) is 16.5 Å². The van der Waals surface area contributed by atoms with Gasteiger partial charge in [-0.15, -0.1) is 0 Å². The number of benzene rings is 4. The predicted octanol–water partition coefficient (Wildman–Crippen LogP) is 8.71. The second-order valence-corrected chi connectivity index (χ2v) is 8.00. The number of halogens is 3. The van der Waals surface area contributed by atoms with E-state index < -0.39 is 11.6 Å². The molecule has 0 radical (unpaired) electrons. The fourth-order valence-corrected chi connectivity index (χ4v) is 3.99. The van der Waals surface area contributed by atoms with E-state index in [1.165, 1.54) is 37.0 Å². The fourth-order valence-electron chi connectivity index (χ4n) is 3.99. The molecule has 0 aliphatic carbocycles. The largest absolute Gasteiger partial charge is 0.206 e. The van der Waals surface area contributed by atoms with E-state index in [9.17, 15) is 8.78 Å². The van der Waals surface area contributed by atoms with Crippen molar-refractivity contribution < 1.29 is 13.2 Å².